The summed E-state index contributed by atoms with van der Waals surface area (Å²) in [5, 5.41) is 0.357. The van der Waals surface area contributed by atoms with Gasteiger partial charge in [0.15, 0.2) is 0 Å². The van der Waals surface area contributed by atoms with E-state index in [-0.39, 0.29) is 18.5 Å². The first-order valence-electron chi connectivity index (χ1n) is 7.91. The van der Waals surface area contributed by atoms with E-state index in [1.807, 2.05) is 35.2 Å². The molecule has 24 heavy (non-hydrogen) atoms. The van der Waals surface area contributed by atoms with Crippen LogP contribution in [-0.4, -0.2) is 24.2 Å². The maximum absolute atomic E-state index is 14.0. The summed E-state index contributed by atoms with van der Waals surface area (Å²) < 4.78 is 42.0. The lowest BCUT2D eigenvalue weighted by atomic mass is 9.78. The Hall–Kier alpha value is -1.52. The van der Waals surface area contributed by atoms with Gasteiger partial charge in [-0.25, -0.2) is 0 Å². The highest BCUT2D eigenvalue weighted by molar-refractivity contribution is 6.30. The van der Waals surface area contributed by atoms with Crippen molar-refractivity contribution >= 4 is 11.6 Å². The van der Waals surface area contributed by atoms with E-state index in [2.05, 4.69) is 0 Å². The topological polar surface area (TPSA) is 3.24 Å². The standard InChI is InChI=1S/C19H19ClF3N/c1-14-9-16(11-17(20)10-14)18(19(21,22)23)7-8-24(13-18)12-15-5-3-2-4-6-15/h2-6,9-11H,7-8,12-13H2,1H3. The molecule has 1 aliphatic rings. The molecule has 128 valence electrons. The van der Waals surface area contributed by atoms with Gasteiger partial charge in [0.25, 0.3) is 0 Å². The van der Waals surface area contributed by atoms with Crippen LogP contribution in [0.2, 0.25) is 5.02 Å². The van der Waals surface area contributed by atoms with Crippen LogP contribution in [0.15, 0.2) is 48.5 Å². The molecule has 1 fully saturated rings. The molecular formula is C19H19ClF3N. The van der Waals surface area contributed by atoms with Crippen LogP contribution in [0.1, 0.15) is 23.1 Å². The van der Waals surface area contributed by atoms with Gasteiger partial charge in [0, 0.05) is 18.1 Å². The van der Waals surface area contributed by atoms with E-state index in [0.29, 0.717) is 18.1 Å². The molecule has 1 unspecified atom stereocenters. The summed E-state index contributed by atoms with van der Waals surface area (Å²) in [7, 11) is 0. The van der Waals surface area contributed by atoms with E-state index in [9.17, 15) is 13.2 Å². The van der Waals surface area contributed by atoms with Crippen LogP contribution < -0.4 is 0 Å². The SMILES string of the molecule is Cc1cc(Cl)cc(C2(C(F)(F)F)CCN(Cc3ccccc3)C2)c1. The predicted octanol–water partition coefficient (Wildman–Crippen LogP) is 5.35. The fourth-order valence-electron chi connectivity index (χ4n) is 3.51. The van der Waals surface area contributed by atoms with Crippen molar-refractivity contribution in [2.24, 2.45) is 0 Å². The highest BCUT2D eigenvalue weighted by atomic mass is 35.5. The van der Waals surface area contributed by atoms with Gasteiger partial charge < -0.3 is 0 Å². The van der Waals surface area contributed by atoms with Gasteiger partial charge in [0.2, 0.25) is 0 Å². The van der Waals surface area contributed by atoms with Crippen LogP contribution in [-0.2, 0) is 12.0 Å². The number of benzene rings is 2. The molecular weight excluding hydrogens is 335 g/mol. The molecule has 0 aromatic heterocycles. The first kappa shape index (κ1) is 17.3. The molecule has 0 radical (unpaired) electrons. The van der Waals surface area contributed by atoms with E-state index in [0.717, 1.165) is 11.1 Å². The smallest absolute Gasteiger partial charge is 0.298 e. The second kappa shape index (κ2) is 6.41. The fourth-order valence-corrected chi connectivity index (χ4v) is 3.80. The average Bonchev–Trinajstić information content (AvgIpc) is 2.92. The molecule has 1 saturated heterocycles. The molecule has 1 nitrogen and oxygen atoms in total. The average molecular weight is 354 g/mol. The highest BCUT2D eigenvalue weighted by Gasteiger charge is 2.58. The van der Waals surface area contributed by atoms with Crippen LogP contribution in [0, 0.1) is 6.92 Å². The highest BCUT2D eigenvalue weighted by Crippen LogP contribution is 2.48. The van der Waals surface area contributed by atoms with Gasteiger partial charge in [-0.1, -0.05) is 48.0 Å². The molecule has 1 aliphatic heterocycles. The molecule has 0 aliphatic carbocycles. The monoisotopic (exact) mass is 353 g/mol. The number of halogens is 4. The Labute approximate surface area is 145 Å². The zero-order valence-corrected chi connectivity index (χ0v) is 14.2. The molecule has 5 heteroatoms. The second-order valence-corrected chi connectivity index (χ2v) is 6.98. The summed E-state index contributed by atoms with van der Waals surface area (Å²) in [6, 6.07) is 14.4. The lowest BCUT2D eigenvalue weighted by molar-refractivity contribution is -0.187. The molecule has 2 aromatic rings. The maximum Gasteiger partial charge on any atom is 0.399 e. The molecule has 0 amide bonds. The molecule has 1 atom stereocenters. The zero-order chi connectivity index (χ0) is 17.4. The first-order valence-corrected chi connectivity index (χ1v) is 8.29. The Morgan fingerprint density at radius 3 is 2.46 bits per heavy atom. The van der Waals surface area contributed by atoms with Gasteiger partial charge in [0.05, 0.1) is 0 Å². The minimum absolute atomic E-state index is 0.0365. The van der Waals surface area contributed by atoms with Gasteiger partial charge in [0.1, 0.15) is 5.41 Å². The number of alkyl halides is 3. The lowest BCUT2D eigenvalue weighted by Gasteiger charge is -2.33. The van der Waals surface area contributed by atoms with E-state index in [1.165, 1.54) is 6.07 Å². The molecule has 2 aromatic carbocycles. The maximum atomic E-state index is 14.0. The number of likely N-dealkylation sites (tertiary alicyclic amines) is 1. The van der Waals surface area contributed by atoms with E-state index in [1.54, 1.807) is 19.1 Å². The van der Waals surface area contributed by atoms with Crippen molar-refractivity contribution in [2.75, 3.05) is 13.1 Å². The summed E-state index contributed by atoms with van der Waals surface area (Å²) in [5.74, 6) is 0. The minimum atomic E-state index is -4.31. The Balaban J connectivity index is 1.91. The quantitative estimate of drug-likeness (QED) is 0.718. The zero-order valence-electron chi connectivity index (χ0n) is 13.4. The molecule has 3 rings (SSSR count). The third kappa shape index (κ3) is 3.31. The van der Waals surface area contributed by atoms with E-state index >= 15 is 0 Å². The van der Waals surface area contributed by atoms with Crippen molar-refractivity contribution in [3.05, 3.63) is 70.2 Å². The van der Waals surface area contributed by atoms with Crippen LogP contribution in [0.5, 0.6) is 0 Å². The molecule has 0 N–H and O–H groups in total. The van der Waals surface area contributed by atoms with Crippen LogP contribution >= 0.6 is 11.6 Å². The van der Waals surface area contributed by atoms with Gasteiger partial charge >= 0.3 is 6.18 Å². The summed E-state index contributed by atoms with van der Waals surface area (Å²) in [6.07, 6.45) is -4.25. The lowest BCUT2D eigenvalue weighted by Crippen LogP contribution is -2.44. The van der Waals surface area contributed by atoms with Crippen molar-refractivity contribution in [3.8, 4) is 0 Å². The second-order valence-electron chi connectivity index (χ2n) is 6.54. The Morgan fingerprint density at radius 1 is 1.12 bits per heavy atom. The Kier molecular flexibility index (Phi) is 4.63. The number of aryl methyl sites for hydroxylation is 1. The van der Waals surface area contributed by atoms with Crippen LogP contribution in [0.25, 0.3) is 0 Å². The van der Waals surface area contributed by atoms with Gasteiger partial charge in [-0.2, -0.15) is 13.2 Å². The normalized spacial score (nSPS) is 22.0. The van der Waals surface area contributed by atoms with Crippen LogP contribution in [0.4, 0.5) is 13.2 Å². The van der Waals surface area contributed by atoms with Crippen molar-refractivity contribution in [2.45, 2.75) is 31.5 Å². The van der Waals surface area contributed by atoms with Crippen molar-refractivity contribution in [1.82, 2.24) is 4.90 Å². The van der Waals surface area contributed by atoms with Gasteiger partial charge in [-0.05, 0) is 48.7 Å². The molecule has 0 saturated carbocycles. The van der Waals surface area contributed by atoms with Crippen molar-refractivity contribution in [1.29, 1.82) is 0 Å². The summed E-state index contributed by atoms with van der Waals surface area (Å²) >= 11 is 6.03. The van der Waals surface area contributed by atoms with E-state index < -0.39 is 11.6 Å². The number of nitrogens with zero attached hydrogens (tertiary/aromatic N) is 1. The molecule has 0 spiro atoms. The number of rotatable bonds is 3. The summed E-state index contributed by atoms with van der Waals surface area (Å²) in [5.41, 5.74) is 0.202. The minimum Gasteiger partial charge on any atom is -0.298 e. The van der Waals surface area contributed by atoms with Gasteiger partial charge in [-0.15, -0.1) is 0 Å². The molecule has 1 heterocycles. The molecule has 0 bridgehead atoms. The largest absolute Gasteiger partial charge is 0.399 e. The first-order chi connectivity index (χ1) is 11.3. The Bertz CT molecular complexity index is 694. The van der Waals surface area contributed by atoms with Gasteiger partial charge in [-0.3, -0.25) is 4.90 Å². The number of hydrogen-bond acceptors (Lipinski definition) is 1. The Morgan fingerprint density at radius 2 is 1.83 bits per heavy atom. The van der Waals surface area contributed by atoms with E-state index in [4.69, 9.17) is 11.6 Å². The number of hydrogen-bond donors (Lipinski definition) is 0. The van der Waals surface area contributed by atoms with Crippen LogP contribution in [0.3, 0.4) is 0 Å². The van der Waals surface area contributed by atoms with Crippen molar-refractivity contribution in [3.63, 3.8) is 0 Å². The summed E-state index contributed by atoms with van der Waals surface area (Å²) in [6.45, 7) is 2.68. The fraction of sp³-hybridized carbons (Fsp3) is 0.368. The summed E-state index contributed by atoms with van der Waals surface area (Å²) in [4.78, 5) is 1.87. The predicted molar refractivity (Wildman–Crippen MR) is 90.3 cm³/mol. The third-order valence-electron chi connectivity index (χ3n) is 4.73. The third-order valence-corrected chi connectivity index (χ3v) is 4.95. The van der Waals surface area contributed by atoms with Crippen molar-refractivity contribution < 1.29 is 13.2 Å².